The Hall–Kier alpha value is -2.25. The fourth-order valence-electron chi connectivity index (χ4n) is 3.06. The van der Waals surface area contributed by atoms with Crippen LogP contribution in [0.4, 0.5) is 11.6 Å². The van der Waals surface area contributed by atoms with Crippen LogP contribution in [0, 0.1) is 5.92 Å². The van der Waals surface area contributed by atoms with Gasteiger partial charge in [0.15, 0.2) is 0 Å². The molecule has 1 saturated heterocycles. The fourth-order valence-corrected chi connectivity index (χ4v) is 4.04. The average molecular weight is 374 g/mol. The van der Waals surface area contributed by atoms with Crippen LogP contribution in [0.3, 0.4) is 0 Å². The third-order valence-electron chi connectivity index (χ3n) is 4.29. The summed E-state index contributed by atoms with van der Waals surface area (Å²) in [5.41, 5.74) is 0.951. The van der Waals surface area contributed by atoms with Gasteiger partial charge in [-0.15, -0.1) is 11.3 Å². The van der Waals surface area contributed by atoms with Crippen molar-refractivity contribution in [3.8, 4) is 0 Å². The Kier molecular flexibility index (Phi) is 4.50. The fraction of sp³-hybridized carbons (Fsp3) is 0.294. The molecule has 1 fully saturated rings. The summed E-state index contributed by atoms with van der Waals surface area (Å²) < 4.78 is 1.07. The molecule has 128 valence electrons. The van der Waals surface area contributed by atoms with Gasteiger partial charge in [0.1, 0.15) is 18.0 Å². The first kappa shape index (κ1) is 16.2. The maximum Gasteiger partial charge on any atom is 0.230 e. The maximum atomic E-state index is 12.6. The maximum absolute atomic E-state index is 12.6. The van der Waals surface area contributed by atoms with E-state index in [2.05, 4.69) is 25.2 Å². The number of hydrogen-bond donors (Lipinski definition) is 1. The molecule has 1 unspecified atom stereocenters. The number of carbonyl (C=O) groups is 1. The second kappa shape index (κ2) is 6.93. The number of rotatable bonds is 3. The Morgan fingerprint density at radius 2 is 2.20 bits per heavy atom. The second-order valence-electron chi connectivity index (χ2n) is 5.97. The number of thiophene rings is 1. The summed E-state index contributed by atoms with van der Waals surface area (Å²) in [5.74, 6) is 1.32. The lowest BCUT2D eigenvalue weighted by molar-refractivity contribution is -0.120. The lowest BCUT2D eigenvalue weighted by Crippen LogP contribution is -2.41. The molecule has 1 aliphatic rings. The minimum atomic E-state index is -0.101. The first-order chi connectivity index (χ1) is 12.2. The zero-order valence-electron chi connectivity index (χ0n) is 13.4. The molecular formula is C17H16ClN5OS. The molecule has 25 heavy (non-hydrogen) atoms. The highest BCUT2D eigenvalue weighted by molar-refractivity contribution is 7.17. The Morgan fingerprint density at radius 1 is 1.28 bits per heavy atom. The first-order valence-corrected chi connectivity index (χ1v) is 9.32. The summed E-state index contributed by atoms with van der Waals surface area (Å²) in [6.45, 7) is 1.54. The van der Waals surface area contributed by atoms with E-state index in [1.54, 1.807) is 29.8 Å². The summed E-state index contributed by atoms with van der Waals surface area (Å²) in [5, 5.41) is 5.44. The number of nitrogens with zero attached hydrogens (tertiary/aromatic N) is 4. The SMILES string of the molecule is O=C(Nc1ccc(Cl)cn1)C1CCCN(c2ncnc3ccsc23)C1. The number of amides is 1. The van der Waals surface area contributed by atoms with E-state index in [-0.39, 0.29) is 11.8 Å². The summed E-state index contributed by atoms with van der Waals surface area (Å²) in [7, 11) is 0. The molecule has 3 aromatic rings. The smallest absolute Gasteiger partial charge is 0.230 e. The van der Waals surface area contributed by atoms with Gasteiger partial charge >= 0.3 is 0 Å². The lowest BCUT2D eigenvalue weighted by atomic mass is 9.97. The monoisotopic (exact) mass is 373 g/mol. The molecule has 3 aromatic heterocycles. The Balaban J connectivity index is 1.50. The zero-order chi connectivity index (χ0) is 17.2. The number of fused-ring (bicyclic) bond motifs is 1. The molecule has 0 spiro atoms. The van der Waals surface area contributed by atoms with Gasteiger partial charge in [-0.3, -0.25) is 4.79 Å². The van der Waals surface area contributed by atoms with Gasteiger partial charge < -0.3 is 10.2 Å². The molecule has 4 heterocycles. The number of carbonyl (C=O) groups excluding carboxylic acids is 1. The first-order valence-electron chi connectivity index (χ1n) is 8.06. The van der Waals surface area contributed by atoms with Crippen molar-refractivity contribution in [1.29, 1.82) is 0 Å². The van der Waals surface area contributed by atoms with Crippen molar-refractivity contribution in [2.24, 2.45) is 5.92 Å². The van der Waals surface area contributed by atoms with Crippen molar-refractivity contribution in [2.45, 2.75) is 12.8 Å². The van der Waals surface area contributed by atoms with Gasteiger partial charge in [-0.25, -0.2) is 15.0 Å². The molecule has 0 aromatic carbocycles. The van der Waals surface area contributed by atoms with Crippen molar-refractivity contribution >= 4 is 50.7 Å². The standard InChI is InChI=1S/C17H16ClN5OS/c18-12-3-4-14(19-8-12)22-17(24)11-2-1-6-23(9-11)16-15-13(5-7-25-15)20-10-21-16/h3-5,7-8,10-11H,1-2,6,9H2,(H,19,22,24). The summed E-state index contributed by atoms with van der Waals surface area (Å²) in [4.78, 5) is 27.7. The molecule has 4 rings (SSSR count). The number of hydrogen-bond acceptors (Lipinski definition) is 6. The number of halogens is 1. The van der Waals surface area contributed by atoms with Crippen LogP contribution in [0.15, 0.2) is 36.1 Å². The molecule has 0 radical (unpaired) electrons. The Labute approximate surface area is 153 Å². The lowest BCUT2D eigenvalue weighted by Gasteiger charge is -2.32. The van der Waals surface area contributed by atoms with Gasteiger partial charge in [0, 0.05) is 19.3 Å². The predicted molar refractivity (Wildman–Crippen MR) is 100 cm³/mol. The molecule has 0 aliphatic carbocycles. The number of aromatic nitrogens is 3. The van der Waals surface area contributed by atoms with E-state index in [9.17, 15) is 4.79 Å². The predicted octanol–water partition coefficient (Wildman–Crippen LogP) is 3.59. The summed E-state index contributed by atoms with van der Waals surface area (Å²) >= 11 is 7.46. The van der Waals surface area contributed by atoms with Crippen LogP contribution in [-0.4, -0.2) is 33.9 Å². The van der Waals surface area contributed by atoms with Gasteiger partial charge in [0.25, 0.3) is 0 Å². The van der Waals surface area contributed by atoms with Crippen LogP contribution in [0.5, 0.6) is 0 Å². The number of nitrogens with one attached hydrogen (secondary N) is 1. The van der Waals surface area contributed by atoms with E-state index < -0.39 is 0 Å². The average Bonchev–Trinajstić information content (AvgIpc) is 3.12. The number of anilines is 2. The molecule has 1 amide bonds. The van der Waals surface area contributed by atoms with Crippen molar-refractivity contribution < 1.29 is 4.79 Å². The molecule has 1 atom stereocenters. The highest BCUT2D eigenvalue weighted by Crippen LogP contribution is 2.31. The zero-order valence-corrected chi connectivity index (χ0v) is 14.9. The van der Waals surface area contributed by atoms with Crippen molar-refractivity contribution in [3.63, 3.8) is 0 Å². The van der Waals surface area contributed by atoms with E-state index in [4.69, 9.17) is 11.6 Å². The van der Waals surface area contributed by atoms with Crippen molar-refractivity contribution in [2.75, 3.05) is 23.3 Å². The molecule has 6 nitrogen and oxygen atoms in total. The molecule has 1 aliphatic heterocycles. The number of piperidine rings is 1. The molecular weight excluding hydrogens is 358 g/mol. The summed E-state index contributed by atoms with van der Waals surface area (Å²) in [6.07, 6.45) is 4.92. The number of pyridine rings is 1. The van der Waals surface area contributed by atoms with Gasteiger partial charge in [-0.2, -0.15) is 0 Å². The van der Waals surface area contributed by atoms with Crippen LogP contribution in [0.25, 0.3) is 10.2 Å². The van der Waals surface area contributed by atoms with Gasteiger partial charge in [0.05, 0.1) is 21.2 Å². The van der Waals surface area contributed by atoms with Crippen LogP contribution in [0.1, 0.15) is 12.8 Å². The quantitative estimate of drug-likeness (QED) is 0.759. The van der Waals surface area contributed by atoms with Gasteiger partial charge in [-0.05, 0) is 36.4 Å². The van der Waals surface area contributed by atoms with Crippen molar-refractivity contribution in [1.82, 2.24) is 15.0 Å². The summed E-state index contributed by atoms with van der Waals surface area (Å²) in [6, 6.07) is 5.41. The van der Waals surface area contributed by atoms with E-state index in [0.717, 1.165) is 35.4 Å². The minimum absolute atomic E-state index is 0.0176. The third kappa shape index (κ3) is 3.43. The molecule has 0 saturated carbocycles. The van der Waals surface area contributed by atoms with Crippen LogP contribution >= 0.6 is 22.9 Å². The van der Waals surface area contributed by atoms with Gasteiger partial charge in [0.2, 0.25) is 5.91 Å². The highest BCUT2D eigenvalue weighted by atomic mass is 35.5. The molecule has 1 N–H and O–H groups in total. The minimum Gasteiger partial charge on any atom is -0.355 e. The Bertz CT molecular complexity index is 897. The van der Waals surface area contributed by atoms with E-state index in [1.807, 2.05) is 11.4 Å². The van der Waals surface area contributed by atoms with E-state index in [0.29, 0.717) is 17.4 Å². The van der Waals surface area contributed by atoms with Crippen molar-refractivity contribution in [3.05, 3.63) is 41.1 Å². The Morgan fingerprint density at radius 3 is 3.04 bits per heavy atom. The third-order valence-corrected chi connectivity index (χ3v) is 5.42. The van der Waals surface area contributed by atoms with Crippen LogP contribution in [0.2, 0.25) is 5.02 Å². The van der Waals surface area contributed by atoms with Gasteiger partial charge in [-0.1, -0.05) is 11.6 Å². The largest absolute Gasteiger partial charge is 0.355 e. The van der Waals surface area contributed by atoms with Crippen LogP contribution < -0.4 is 10.2 Å². The topological polar surface area (TPSA) is 71.0 Å². The van der Waals surface area contributed by atoms with E-state index >= 15 is 0 Å². The molecule has 8 heteroatoms. The normalized spacial score (nSPS) is 17.6. The van der Waals surface area contributed by atoms with E-state index in [1.165, 1.54) is 6.20 Å². The highest BCUT2D eigenvalue weighted by Gasteiger charge is 2.28. The van der Waals surface area contributed by atoms with Crippen LogP contribution in [-0.2, 0) is 4.79 Å². The molecule has 0 bridgehead atoms. The second-order valence-corrected chi connectivity index (χ2v) is 7.32.